The maximum Gasteiger partial charge on any atom is 0.0849 e. The van der Waals surface area contributed by atoms with Crippen LogP contribution in [0.15, 0.2) is 119 Å². The van der Waals surface area contributed by atoms with Gasteiger partial charge in [-0.3, -0.25) is 9.98 Å². The van der Waals surface area contributed by atoms with Gasteiger partial charge in [0.15, 0.2) is 0 Å². The normalized spacial score (nSPS) is 12.2. The van der Waals surface area contributed by atoms with Gasteiger partial charge in [-0.15, -0.1) is 0 Å². The summed E-state index contributed by atoms with van der Waals surface area (Å²) in [5.74, 6) is 0.0626. The zero-order chi connectivity index (χ0) is 30.3. The van der Waals surface area contributed by atoms with Gasteiger partial charge in [0.05, 0.1) is 34.2 Å². The van der Waals surface area contributed by atoms with Crippen molar-refractivity contribution in [1.82, 2.24) is 4.98 Å². The minimum atomic E-state index is 0.0626. The molecule has 0 fully saturated rings. The number of aromatic nitrogens is 1. The summed E-state index contributed by atoms with van der Waals surface area (Å²) < 4.78 is 0. The third kappa shape index (κ3) is 6.73. The lowest BCUT2D eigenvalue weighted by Gasteiger charge is -2.23. The number of benzene rings is 4. The Kier molecular flexibility index (Phi) is 9.41. The van der Waals surface area contributed by atoms with Crippen LogP contribution >= 0.6 is 0 Å². The van der Waals surface area contributed by atoms with Crippen LogP contribution in [0.1, 0.15) is 83.9 Å². The number of aliphatic imine (C=N–C) groups is 2. The van der Waals surface area contributed by atoms with E-state index in [1.165, 1.54) is 33.4 Å². The van der Waals surface area contributed by atoms with E-state index in [4.69, 9.17) is 15.0 Å². The van der Waals surface area contributed by atoms with Crippen molar-refractivity contribution in [1.29, 1.82) is 0 Å². The predicted octanol–water partition coefficient (Wildman–Crippen LogP) is 10.3. The van der Waals surface area contributed by atoms with Crippen molar-refractivity contribution in [2.75, 3.05) is 0 Å². The molecule has 0 N–H and O–H groups in total. The third-order valence-corrected chi connectivity index (χ3v) is 8.07. The Morgan fingerprint density at radius 2 is 1.09 bits per heavy atom. The highest BCUT2D eigenvalue weighted by Gasteiger charge is 2.22. The number of nitrogens with zero attached hydrogens (tertiary/aromatic N) is 3. The van der Waals surface area contributed by atoms with Gasteiger partial charge >= 0.3 is 0 Å². The second kappa shape index (κ2) is 13.6. The Morgan fingerprint density at radius 1 is 0.605 bits per heavy atom. The van der Waals surface area contributed by atoms with Crippen molar-refractivity contribution in [3.63, 3.8) is 0 Å². The van der Waals surface area contributed by atoms with Crippen LogP contribution in [-0.4, -0.2) is 16.4 Å². The largest absolute Gasteiger partial charge is 0.251 e. The third-order valence-electron chi connectivity index (χ3n) is 8.07. The smallest absolute Gasteiger partial charge is 0.0849 e. The highest BCUT2D eigenvalue weighted by atomic mass is 14.8. The maximum atomic E-state index is 5.30. The lowest BCUT2D eigenvalue weighted by Crippen LogP contribution is -2.07. The molecule has 3 nitrogen and oxygen atoms in total. The zero-order valence-corrected chi connectivity index (χ0v) is 26.2. The van der Waals surface area contributed by atoms with Crippen molar-refractivity contribution < 1.29 is 0 Å². The minimum Gasteiger partial charge on any atom is -0.251 e. The molecule has 5 aromatic rings. The average molecular weight is 564 g/mol. The molecule has 1 heterocycles. The number of para-hydroxylation sites is 1. The highest BCUT2D eigenvalue weighted by Crippen LogP contribution is 2.40. The maximum absolute atomic E-state index is 5.30. The molecule has 0 spiro atoms. The van der Waals surface area contributed by atoms with Gasteiger partial charge < -0.3 is 0 Å². The van der Waals surface area contributed by atoms with E-state index in [9.17, 15) is 0 Å². The van der Waals surface area contributed by atoms with Gasteiger partial charge in [-0.2, -0.15) is 0 Å². The first-order valence-electron chi connectivity index (χ1n) is 15.3. The molecule has 3 heteroatoms. The summed E-state index contributed by atoms with van der Waals surface area (Å²) in [6.45, 7) is 12.8. The molecule has 0 saturated heterocycles. The van der Waals surface area contributed by atoms with Crippen molar-refractivity contribution >= 4 is 22.8 Å². The molecular weight excluding hydrogens is 522 g/mol. The van der Waals surface area contributed by atoms with Gasteiger partial charge in [0.1, 0.15) is 0 Å². The molecule has 4 aromatic carbocycles. The molecular formula is C40H41N3. The van der Waals surface area contributed by atoms with Gasteiger partial charge in [-0.25, -0.2) is 4.98 Å². The van der Waals surface area contributed by atoms with E-state index in [1.807, 2.05) is 12.1 Å². The van der Waals surface area contributed by atoms with Crippen LogP contribution in [0.25, 0.3) is 0 Å². The first-order valence-corrected chi connectivity index (χ1v) is 15.3. The van der Waals surface area contributed by atoms with Gasteiger partial charge in [0, 0.05) is 5.92 Å². The first kappa shape index (κ1) is 29.8. The summed E-state index contributed by atoms with van der Waals surface area (Å²) >= 11 is 0. The second-order valence-corrected chi connectivity index (χ2v) is 11.2. The number of aryl methyl sites for hydroxylation is 4. The molecule has 0 aliphatic rings. The first-order chi connectivity index (χ1) is 20.9. The highest BCUT2D eigenvalue weighted by molar-refractivity contribution is 6.02. The van der Waals surface area contributed by atoms with E-state index in [0.717, 1.165) is 52.6 Å². The molecule has 0 saturated carbocycles. The van der Waals surface area contributed by atoms with Crippen LogP contribution in [0, 0.1) is 13.8 Å². The molecule has 5 rings (SSSR count). The van der Waals surface area contributed by atoms with Crippen molar-refractivity contribution in [3.05, 3.63) is 160 Å². The van der Waals surface area contributed by atoms with Crippen LogP contribution in [0.5, 0.6) is 0 Å². The van der Waals surface area contributed by atoms with E-state index in [-0.39, 0.29) is 5.92 Å². The SMILES string of the molecule is CCc1cccc(CC)c1N=C(C)c1cccc(C(C)=Nc2c(C)cc(C)cc2C(c2ccccc2)c2ccccc2)n1. The van der Waals surface area contributed by atoms with Gasteiger partial charge in [-0.1, -0.05) is 116 Å². The molecule has 0 aliphatic carbocycles. The Hall–Kier alpha value is -4.63. The lowest BCUT2D eigenvalue weighted by molar-refractivity contribution is 0.969. The van der Waals surface area contributed by atoms with E-state index >= 15 is 0 Å². The molecule has 0 bridgehead atoms. The second-order valence-electron chi connectivity index (χ2n) is 11.2. The van der Waals surface area contributed by atoms with Crippen LogP contribution < -0.4 is 0 Å². The van der Waals surface area contributed by atoms with E-state index in [1.54, 1.807) is 0 Å². The van der Waals surface area contributed by atoms with Gasteiger partial charge in [0.2, 0.25) is 0 Å². The number of hydrogen-bond donors (Lipinski definition) is 0. The Morgan fingerprint density at radius 3 is 1.60 bits per heavy atom. The fourth-order valence-corrected chi connectivity index (χ4v) is 5.85. The van der Waals surface area contributed by atoms with E-state index in [2.05, 4.69) is 139 Å². The van der Waals surface area contributed by atoms with Crippen molar-refractivity contribution in [2.45, 2.75) is 60.3 Å². The number of pyridine rings is 1. The topological polar surface area (TPSA) is 37.6 Å². The zero-order valence-electron chi connectivity index (χ0n) is 26.2. The van der Waals surface area contributed by atoms with E-state index in [0.29, 0.717) is 0 Å². The fraction of sp³-hybridized carbons (Fsp3) is 0.225. The Balaban J connectivity index is 1.59. The molecule has 43 heavy (non-hydrogen) atoms. The summed E-state index contributed by atoms with van der Waals surface area (Å²) in [5, 5.41) is 0. The summed E-state index contributed by atoms with van der Waals surface area (Å²) in [4.78, 5) is 15.4. The quantitative estimate of drug-likeness (QED) is 0.130. The van der Waals surface area contributed by atoms with Gasteiger partial charge in [0.25, 0.3) is 0 Å². The summed E-state index contributed by atoms with van der Waals surface area (Å²) in [6.07, 6.45) is 1.90. The predicted molar refractivity (Wildman–Crippen MR) is 183 cm³/mol. The Labute approximate surface area is 257 Å². The average Bonchev–Trinajstić information content (AvgIpc) is 3.03. The van der Waals surface area contributed by atoms with Crippen LogP contribution in [0.3, 0.4) is 0 Å². The van der Waals surface area contributed by atoms with Crippen molar-refractivity contribution in [3.8, 4) is 0 Å². The molecule has 0 atom stereocenters. The molecule has 1 aromatic heterocycles. The van der Waals surface area contributed by atoms with Crippen molar-refractivity contribution in [2.24, 2.45) is 9.98 Å². The monoisotopic (exact) mass is 563 g/mol. The minimum absolute atomic E-state index is 0.0626. The summed E-state index contributed by atoms with van der Waals surface area (Å²) in [7, 11) is 0. The van der Waals surface area contributed by atoms with Crippen LogP contribution in [0.4, 0.5) is 11.4 Å². The fourth-order valence-electron chi connectivity index (χ4n) is 5.85. The molecule has 0 radical (unpaired) electrons. The Bertz CT molecular complexity index is 1700. The van der Waals surface area contributed by atoms with Gasteiger partial charge in [-0.05, 0) is 86.1 Å². The molecule has 0 amide bonds. The molecule has 0 unspecified atom stereocenters. The lowest BCUT2D eigenvalue weighted by atomic mass is 9.83. The number of hydrogen-bond acceptors (Lipinski definition) is 3. The summed E-state index contributed by atoms with van der Waals surface area (Å²) in [6, 6.07) is 38.6. The molecule has 0 aliphatic heterocycles. The van der Waals surface area contributed by atoms with E-state index < -0.39 is 0 Å². The standard InChI is InChI=1S/C40H41N3/c1-7-31-21-15-22-32(8-2)40(31)42-30(6)37-24-16-23-36(43-37)29(5)41-39-28(4)25-27(3)26-35(39)38(33-17-11-9-12-18-33)34-19-13-10-14-20-34/h9-26,38H,7-8H2,1-6H3. The number of rotatable bonds is 9. The van der Waals surface area contributed by atoms with Crippen LogP contribution in [-0.2, 0) is 12.8 Å². The van der Waals surface area contributed by atoms with Crippen LogP contribution in [0.2, 0.25) is 0 Å². The molecule has 216 valence electrons. The summed E-state index contributed by atoms with van der Waals surface area (Å²) in [5.41, 5.74) is 14.2.